The highest BCUT2D eigenvalue weighted by molar-refractivity contribution is 5.21. The van der Waals surface area contributed by atoms with E-state index in [1.165, 1.54) is 62.6 Å². The van der Waals surface area contributed by atoms with Crippen LogP contribution in [0.25, 0.3) is 0 Å². The van der Waals surface area contributed by atoms with Crippen LogP contribution in [0, 0.1) is 0 Å². The maximum Gasteiger partial charge on any atom is 0.0700 e. The zero-order chi connectivity index (χ0) is 15.5. The summed E-state index contributed by atoms with van der Waals surface area (Å²) < 4.78 is 2.01. The molecule has 0 bridgehead atoms. The Hall–Kier alpha value is -0.870. The summed E-state index contributed by atoms with van der Waals surface area (Å²) in [6.45, 7) is 0.991. The van der Waals surface area contributed by atoms with Crippen molar-refractivity contribution in [2.45, 2.75) is 75.9 Å². The number of hydrogen-bond donors (Lipinski definition) is 1. The van der Waals surface area contributed by atoms with Gasteiger partial charge in [-0.3, -0.25) is 4.68 Å². The second kappa shape index (κ2) is 7.14. The molecule has 0 radical (unpaired) electrons. The van der Waals surface area contributed by atoms with Crippen LogP contribution in [0.1, 0.15) is 68.5 Å². The van der Waals surface area contributed by atoms with Crippen LogP contribution < -0.4 is 5.32 Å². The summed E-state index contributed by atoms with van der Waals surface area (Å²) in [5.41, 5.74) is 2.81. The molecule has 1 N–H and O–H groups in total. The van der Waals surface area contributed by atoms with E-state index < -0.39 is 0 Å². The molecule has 1 aromatic heterocycles. The van der Waals surface area contributed by atoms with Crippen molar-refractivity contribution in [1.82, 2.24) is 20.0 Å². The van der Waals surface area contributed by atoms with Gasteiger partial charge in [0, 0.05) is 43.4 Å². The van der Waals surface area contributed by atoms with Crippen LogP contribution in [0.3, 0.4) is 0 Å². The zero-order valence-electron chi connectivity index (χ0n) is 14.5. The van der Waals surface area contributed by atoms with Crippen LogP contribution in [0.2, 0.25) is 0 Å². The monoisotopic (exact) mass is 304 g/mol. The average molecular weight is 304 g/mol. The summed E-state index contributed by atoms with van der Waals surface area (Å²) in [5.74, 6) is 0.699. The first kappa shape index (κ1) is 16.0. The lowest BCUT2D eigenvalue weighted by Crippen LogP contribution is -2.30. The molecule has 0 amide bonds. The van der Waals surface area contributed by atoms with Gasteiger partial charge >= 0.3 is 0 Å². The van der Waals surface area contributed by atoms with E-state index in [9.17, 15) is 0 Å². The number of aromatic nitrogens is 2. The fourth-order valence-corrected chi connectivity index (χ4v) is 4.28. The van der Waals surface area contributed by atoms with E-state index in [4.69, 9.17) is 5.10 Å². The van der Waals surface area contributed by atoms with Gasteiger partial charge in [0.2, 0.25) is 0 Å². The third-order valence-electron chi connectivity index (χ3n) is 5.65. The average Bonchev–Trinajstić information content (AvgIpc) is 3.12. The van der Waals surface area contributed by atoms with Crippen LogP contribution in [-0.2, 0) is 13.6 Å². The lowest BCUT2D eigenvalue weighted by Gasteiger charge is -2.22. The molecule has 0 spiro atoms. The van der Waals surface area contributed by atoms with Crippen LogP contribution in [0.4, 0.5) is 0 Å². The smallest absolute Gasteiger partial charge is 0.0700 e. The molecule has 22 heavy (non-hydrogen) atoms. The van der Waals surface area contributed by atoms with Crippen LogP contribution in [0.5, 0.6) is 0 Å². The summed E-state index contributed by atoms with van der Waals surface area (Å²) in [6, 6.07) is 1.43. The molecule has 0 aliphatic heterocycles. The van der Waals surface area contributed by atoms with Crippen LogP contribution >= 0.6 is 0 Å². The van der Waals surface area contributed by atoms with Gasteiger partial charge in [0.1, 0.15) is 0 Å². The van der Waals surface area contributed by atoms with Crippen molar-refractivity contribution < 1.29 is 0 Å². The quantitative estimate of drug-likeness (QED) is 0.907. The Balaban J connectivity index is 1.58. The van der Waals surface area contributed by atoms with Crippen molar-refractivity contribution in [2.75, 3.05) is 14.1 Å². The lowest BCUT2D eigenvalue weighted by molar-refractivity contribution is 0.293. The van der Waals surface area contributed by atoms with Crippen molar-refractivity contribution in [2.24, 2.45) is 7.05 Å². The van der Waals surface area contributed by atoms with E-state index in [0.717, 1.165) is 12.6 Å². The first-order valence-electron chi connectivity index (χ1n) is 9.05. The van der Waals surface area contributed by atoms with Gasteiger partial charge in [-0.25, -0.2) is 0 Å². The standard InChI is InChI=1S/C18H32N4/c1-21(2)17-10-9-16(11-17)19-12-15-13-22(3)20-18(15)14-7-5-4-6-8-14/h13-14,16-17,19H,4-12H2,1-3H3/t16-,17+/m0/s1. The summed E-state index contributed by atoms with van der Waals surface area (Å²) in [4.78, 5) is 2.37. The highest BCUT2D eigenvalue weighted by Crippen LogP contribution is 2.33. The minimum atomic E-state index is 0.673. The van der Waals surface area contributed by atoms with Gasteiger partial charge in [-0.15, -0.1) is 0 Å². The first-order chi connectivity index (χ1) is 10.6. The fraction of sp³-hybridized carbons (Fsp3) is 0.833. The second-order valence-electron chi connectivity index (χ2n) is 7.56. The highest BCUT2D eigenvalue weighted by Gasteiger charge is 2.26. The molecule has 2 saturated carbocycles. The summed E-state index contributed by atoms with van der Waals surface area (Å²) in [5, 5.41) is 8.59. The molecule has 0 saturated heterocycles. The summed E-state index contributed by atoms with van der Waals surface area (Å²) >= 11 is 0. The molecule has 2 atom stereocenters. The Morgan fingerprint density at radius 3 is 2.64 bits per heavy atom. The molecule has 2 fully saturated rings. The SMILES string of the molecule is CN(C)[C@@H]1CC[C@H](NCc2cn(C)nc2C2CCCCC2)C1. The van der Waals surface area contributed by atoms with E-state index in [1.807, 2.05) is 4.68 Å². The Kier molecular flexibility index (Phi) is 5.19. The van der Waals surface area contributed by atoms with Crippen LogP contribution in [0.15, 0.2) is 6.20 Å². The summed E-state index contributed by atoms with van der Waals surface area (Å²) in [6.07, 6.45) is 13.0. The Bertz CT molecular complexity index is 473. The van der Waals surface area contributed by atoms with E-state index in [-0.39, 0.29) is 0 Å². The maximum absolute atomic E-state index is 4.79. The number of aryl methyl sites for hydroxylation is 1. The molecule has 124 valence electrons. The topological polar surface area (TPSA) is 33.1 Å². The van der Waals surface area contributed by atoms with E-state index in [1.54, 1.807) is 0 Å². The molecular formula is C18H32N4. The van der Waals surface area contributed by atoms with Gasteiger partial charge in [0.15, 0.2) is 0 Å². The molecular weight excluding hydrogens is 272 g/mol. The minimum absolute atomic E-state index is 0.673. The number of rotatable bonds is 5. The Labute approximate surface area is 135 Å². The minimum Gasteiger partial charge on any atom is -0.310 e. The van der Waals surface area contributed by atoms with Gasteiger partial charge in [-0.1, -0.05) is 19.3 Å². The van der Waals surface area contributed by atoms with Crippen LogP contribution in [-0.4, -0.2) is 40.9 Å². The Morgan fingerprint density at radius 1 is 1.18 bits per heavy atom. The molecule has 2 aliphatic carbocycles. The van der Waals surface area contributed by atoms with Gasteiger partial charge in [0.05, 0.1) is 5.69 Å². The molecule has 1 aromatic rings. The van der Waals surface area contributed by atoms with Crippen molar-refractivity contribution in [1.29, 1.82) is 0 Å². The fourth-order valence-electron chi connectivity index (χ4n) is 4.28. The van der Waals surface area contributed by atoms with Crippen molar-refractivity contribution in [3.63, 3.8) is 0 Å². The molecule has 3 rings (SSSR count). The van der Waals surface area contributed by atoms with Gasteiger partial charge in [-0.2, -0.15) is 5.10 Å². The maximum atomic E-state index is 4.79. The molecule has 0 unspecified atom stereocenters. The predicted molar refractivity (Wildman–Crippen MR) is 91.0 cm³/mol. The van der Waals surface area contributed by atoms with E-state index in [0.29, 0.717) is 12.0 Å². The molecule has 0 aromatic carbocycles. The third-order valence-corrected chi connectivity index (χ3v) is 5.65. The molecule has 2 aliphatic rings. The lowest BCUT2D eigenvalue weighted by atomic mass is 9.85. The Morgan fingerprint density at radius 2 is 1.95 bits per heavy atom. The summed E-state index contributed by atoms with van der Waals surface area (Å²) in [7, 11) is 6.47. The molecule has 1 heterocycles. The predicted octanol–water partition coefficient (Wildman–Crippen LogP) is 3.04. The third kappa shape index (κ3) is 3.72. The zero-order valence-corrected chi connectivity index (χ0v) is 14.5. The number of hydrogen-bond acceptors (Lipinski definition) is 3. The molecule has 4 heteroatoms. The normalized spacial score (nSPS) is 26.9. The largest absolute Gasteiger partial charge is 0.310 e. The van der Waals surface area contributed by atoms with Gasteiger partial charge < -0.3 is 10.2 Å². The van der Waals surface area contributed by atoms with Crippen molar-refractivity contribution in [3.8, 4) is 0 Å². The number of nitrogens with one attached hydrogen (secondary N) is 1. The van der Waals surface area contributed by atoms with E-state index in [2.05, 4.69) is 37.6 Å². The van der Waals surface area contributed by atoms with Gasteiger partial charge in [0.25, 0.3) is 0 Å². The van der Waals surface area contributed by atoms with Gasteiger partial charge in [-0.05, 0) is 46.2 Å². The van der Waals surface area contributed by atoms with Crippen molar-refractivity contribution in [3.05, 3.63) is 17.5 Å². The highest BCUT2D eigenvalue weighted by atomic mass is 15.3. The van der Waals surface area contributed by atoms with E-state index >= 15 is 0 Å². The number of nitrogens with zero attached hydrogens (tertiary/aromatic N) is 3. The van der Waals surface area contributed by atoms with Crippen molar-refractivity contribution >= 4 is 0 Å². The molecule has 4 nitrogen and oxygen atoms in total. The second-order valence-corrected chi connectivity index (χ2v) is 7.56. The first-order valence-corrected chi connectivity index (χ1v) is 9.05.